The zero-order chi connectivity index (χ0) is 8.97. The Labute approximate surface area is 77.8 Å². The smallest absolute Gasteiger partial charge is 0.174 e. The highest BCUT2D eigenvalue weighted by molar-refractivity contribution is 7.71. The molecule has 0 aromatic carbocycles. The lowest BCUT2D eigenvalue weighted by molar-refractivity contribution is 0.324. The average molecular weight is 185 g/mol. The summed E-state index contributed by atoms with van der Waals surface area (Å²) in [7, 11) is 2.10. The number of nitrogens with one attached hydrogen (secondary N) is 2. The van der Waals surface area contributed by atoms with E-state index in [1.807, 2.05) is 6.20 Å². The van der Waals surface area contributed by atoms with E-state index < -0.39 is 0 Å². The Bertz CT molecular complexity index is 276. The van der Waals surface area contributed by atoms with Crippen LogP contribution in [0.4, 0.5) is 0 Å². The van der Waals surface area contributed by atoms with Gasteiger partial charge in [-0.05, 0) is 32.2 Å². The topological polar surface area (TPSA) is 34.8 Å². The highest BCUT2D eigenvalue weighted by Gasteiger charge is 1.98. The van der Waals surface area contributed by atoms with Crippen molar-refractivity contribution in [3.63, 3.8) is 0 Å². The number of aromatic nitrogens is 2. The summed E-state index contributed by atoms with van der Waals surface area (Å²) < 4.78 is 0.704. The third-order valence-corrected chi connectivity index (χ3v) is 1.92. The first kappa shape index (κ1) is 9.48. The van der Waals surface area contributed by atoms with Gasteiger partial charge in [0.1, 0.15) is 0 Å². The highest BCUT2D eigenvalue weighted by atomic mass is 32.1. The average Bonchev–Trinajstić information content (AvgIpc) is 2.36. The lowest BCUT2D eigenvalue weighted by Crippen LogP contribution is -2.18. The first-order valence-corrected chi connectivity index (χ1v) is 4.58. The Hall–Kier alpha value is -0.610. The van der Waals surface area contributed by atoms with Crippen LogP contribution < -0.4 is 0 Å². The second-order valence-electron chi connectivity index (χ2n) is 3.01. The maximum absolute atomic E-state index is 4.92. The summed E-state index contributed by atoms with van der Waals surface area (Å²) in [6.45, 7) is 4.22. The van der Waals surface area contributed by atoms with E-state index in [2.05, 4.69) is 28.8 Å². The first-order chi connectivity index (χ1) is 5.72. The number of hydrogen-bond acceptors (Lipinski definition) is 2. The predicted octanol–water partition coefficient (Wildman–Crippen LogP) is 1.91. The van der Waals surface area contributed by atoms with E-state index in [4.69, 9.17) is 12.2 Å². The number of aromatic amines is 2. The normalized spacial score (nSPS) is 10.9. The Morgan fingerprint density at radius 3 is 2.83 bits per heavy atom. The molecule has 1 aromatic heterocycles. The van der Waals surface area contributed by atoms with Crippen LogP contribution in [-0.2, 0) is 6.54 Å². The van der Waals surface area contributed by atoms with Crippen LogP contribution in [0.5, 0.6) is 0 Å². The molecule has 0 atom stereocenters. The Kier molecular flexibility index (Phi) is 3.49. The van der Waals surface area contributed by atoms with Crippen LogP contribution in [-0.4, -0.2) is 28.5 Å². The molecule has 2 N–H and O–H groups in total. The monoisotopic (exact) mass is 185 g/mol. The van der Waals surface area contributed by atoms with Gasteiger partial charge in [-0.2, -0.15) is 0 Å². The fourth-order valence-corrected chi connectivity index (χ4v) is 1.40. The van der Waals surface area contributed by atoms with E-state index >= 15 is 0 Å². The van der Waals surface area contributed by atoms with Crippen molar-refractivity contribution in [2.24, 2.45) is 0 Å². The van der Waals surface area contributed by atoms with E-state index in [1.165, 1.54) is 6.42 Å². The summed E-state index contributed by atoms with van der Waals surface area (Å²) in [5, 5.41) is 0. The zero-order valence-electron chi connectivity index (χ0n) is 7.55. The van der Waals surface area contributed by atoms with Crippen molar-refractivity contribution in [3.05, 3.63) is 16.7 Å². The Morgan fingerprint density at radius 2 is 2.33 bits per heavy atom. The van der Waals surface area contributed by atoms with Gasteiger partial charge in [-0.1, -0.05) is 6.92 Å². The highest BCUT2D eigenvalue weighted by Crippen LogP contribution is 1.98. The van der Waals surface area contributed by atoms with Gasteiger partial charge in [0.05, 0.1) is 0 Å². The van der Waals surface area contributed by atoms with Crippen molar-refractivity contribution in [1.82, 2.24) is 14.9 Å². The molecule has 0 saturated heterocycles. The minimum absolute atomic E-state index is 0.704. The molecule has 0 spiro atoms. The molecule has 0 aliphatic rings. The van der Waals surface area contributed by atoms with Gasteiger partial charge in [-0.25, -0.2) is 0 Å². The summed E-state index contributed by atoms with van der Waals surface area (Å²) >= 11 is 4.92. The molecule has 0 aliphatic heterocycles. The first-order valence-electron chi connectivity index (χ1n) is 4.17. The molecule has 0 fully saturated rings. The number of H-pyrrole nitrogens is 2. The minimum atomic E-state index is 0.704. The van der Waals surface area contributed by atoms with Crippen LogP contribution in [0.2, 0.25) is 0 Å². The summed E-state index contributed by atoms with van der Waals surface area (Å²) in [6, 6.07) is 0. The minimum Gasteiger partial charge on any atom is -0.337 e. The van der Waals surface area contributed by atoms with Crippen LogP contribution >= 0.6 is 12.2 Å². The number of rotatable bonds is 4. The van der Waals surface area contributed by atoms with Crippen LogP contribution in [0.25, 0.3) is 0 Å². The van der Waals surface area contributed by atoms with Crippen molar-refractivity contribution in [1.29, 1.82) is 0 Å². The summed E-state index contributed by atoms with van der Waals surface area (Å²) in [5.41, 5.74) is 1.15. The van der Waals surface area contributed by atoms with E-state index in [-0.39, 0.29) is 0 Å². The third-order valence-electron chi connectivity index (χ3n) is 1.70. The molecule has 1 rings (SSSR count). The van der Waals surface area contributed by atoms with Crippen LogP contribution in [0.1, 0.15) is 19.0 Å². The van der Waals surface area contributed by atoms with E-state index in [9.17, 15) is 0 Å². The third kappa shape index (κ3) is 2.79. The predicted molar refractivity (Wildman–Crippen MR) is 52.6 cm³/mol. The molecular formula is C8H15N3S. The Balaban J connectivity index is 2.46. The van der Waals surface area contributed by atoms with Crippen molar-refractivity contribution < 1.29 is 0 Å². The van der Waals surface area contributed by atoms with Gasteiger partial charge in [0.25, 0.3) is 0 Å². The summed E-state index contributed by atoms with van der Waals surface area (Å²) in [4.78, 5) is 8.29. The molecule has 0 bridgehead atoms. The van der Waals surface area contributed by atoms with E-state index in [0.29, 0.717) is 4.77 Å². The Morgan fingerprint density at radius 1 is 1.58 bits per heavy atom. The standard InChI is InChI=1S/C8H15N3S/c1-3-4-11(2)6-7-5-9-8(12)10-7/h5H,3-4,6H2,1-2H3,(H2,9,10,12). The molecule has 0 unspecified atom stereocenters. The van der Waals surface area contributed by atoms with Crippen LogP contribution in [0.3, 0.4) is 0 Å². The quantitative estimate of drug-likeness (QED) is 0.703. The maximum Gasteiger partial charge on any atom is 0.174 e. The second kappa shape index (κ2) is 4.42. The zero-order valence-corrected chi connectivity index (χ0v) is 8.37. The number of hydrogen-bond donors (Lipinski definition) is 2. The fourth-order valence-electron chi connectivity index (χ4n) is 1.21. The van der Waals surface area contributed by atoms with E-state index in [0.717, 1.165) is 18.8 Å². The van der Waals surface area contributed by atoms with Gasteiger partial charge in [0, 0.05) is 18.4 Å². The molecule has 68 valence electrons. The second-order valence-corrected chi connectivity index (χ2v) is 3.41. The van der Waals surface area contributed by atoms with Crippen molar-refractivity contribution in [2.75, 3.05) is 13.6 Å². The van der Waals surface area contributed by atoms with Crippen LogP contribution in [0, 0.1) is 4.77 Å². The maximum atomic E-state index is 4.92. The molecule has 1 heterocycles. The molecule has 0 aliphatic carbocycles. The molecule has 12 heavy (non-hydrogen) atoms. The molecule has 3 nitrogen and oxygen atoms in total. The van der Waals surface area contributed by atoms with Gasteiger partial charge in [0.2, 0.25) is 0 Å². The van der Waals surface area contributed by atoms with Crippen LogP contribution in [0.15, 0.2) is 6.20 Å². The lowest BCUT2D eigenvalue weighted by atomic mass is 10.4. The molecule has 0 saturated carbocycles. The fraction of sp³-hybridized carbons (Fsp3) is 0.625. The number of imidazole rings is 1. The molecule has 0 radical (unpaired) electrons. The lowest BCUT2D eigenvalue weighted by Gasteiger charge is -2.13. The van der Waals surface area contributed by atoms with Gasteiger partial charge in [-0.3, -0.25) is 0 Å². The van der Waals surface area contributed by atoms with Gasteiger partial charge in [0.15, 0.2) is 4.77 Å². The summed E-state index contributed by atoms with van der Waals surface area (Å²) in [5.74, 6) is 0. The van der Waals surface area contributed by atoms with E-state index in [1.54, 1.807) is 0 Å². The SMILES string of the molecule is CCCN(C)Cc1c[nH]c(=S)[nH]1. The van der Waals surface area contributed by atoms with Crippen molar-refractivity contribution in [3.8, 4) is 0 Å². The van der Waals surface area contributed by atoms with Gasteiger partial charge < -0.3 is 14.9 Å². The van der Waals surface area contributed by atoms with Gasteiger partial charge >= 0.3 is 0 Å². The van der Waals surface area contributed by atoms with Gasteiger partial charge in [-0.15, -0.1) is 0 Å². The molecule has 1 aromatic rings. The molecule has 0 amide bonds. The molecule has 4 heteroatoms. The molecular weight excluding hydrogens is 170 g/mol. The summed E-state index contributed by atoms with van der Waals surface area (Å²) in [6.07, 6.45) is 3.11. The van der Waals surface area contributed by atoms with Crippen molar-refractivity contribution >= 4 is 12.2 Å². The number of nitrogens with zero attached hydrogens (tertiary/aromatic N) is 1. The van der Waals surface area contributed by atoms with Crippen molar-refractivity contribution in [2.45, 2.75) is 19.9 Å². The largest absolute Gasteiger partial charge is 0.337 e.